The number of benzene rings is 1. The minimum Gasteiger partial charge on any atom is -0.392 e. The highest BCUT2D eigenvalue weighted by atomic mass is 32.2. The maximum Gasteiger partial charge on any atom is 0.241 e. The van der Waals surface area contributed by atoms with Crippen LogP contribution in [0, 0.1) is 13.8 Å². The molecule has 0 aliphatic carbocycles. The molecule has 118 valence electrons. The zero-order valence-electron chi connectivity index (χ0n) is 12.7. The highest BCUT2D eigenvalue weighted by molar-refractivity contribution is 7.89. The molecule has 1 saturated heterocycles. The largest absolute Gasteiger partial charge is 0.392 e. The van der Waals surface area contributed by atoms with Gasteiger partial charge >= 0.3 is 0 Å². The first-order chi connectivity index (χ1) is 9.85. The summed E-state index contributed by atoms with van der Waals surface area (Å²) in [5, 5.41) is 9.26. The summed E-state index contributed by atoms with van der Waals surface area (Å²) in [6, 6.07) is 3.07. The van der Waals surface area contributed by atoms with Crippen molar-refractivity contribution < 1.29 is 18.3 Å². The molecule has 1 aromatic carbocycles. The number of aliphatic hydroxyl groups excluding tert-OH is 1. The fraction of sp³-hybridized carbons (Fsp3) is 0.600. The molecule has 2 atom stereocenters. The van der Waals surface area contributed by atoms with E-state index in [1.54, 1.807) is 13.0 Å². The summed E-state index contributed by atoms with van der Waals surface area (Å²) in [5.41, 5.74) is 2.16. The number of hydrogen-bond donors (Lipinski definition) is 2. The van der Waals surface area contributed by atoms with Crippen molar-refractivity contribution in [3.05, 3.63) is 28.8 Å². The van der Waals surface area contributed by atoms with Crippen LogP contribution in [0.2, 0.25) is 0 Å². The van der Waals surface area contributed by atoms with Crippen LogP contribution in [0.3, 0.4) is 0 Å². The Balaban J connectivity index is 2.28. The Morgan fingerprint density at radius 2 is 2.14 bits per heavy atom. The Bertz CT molecular complexity index is 606. The summed E-state index contributed by atoms with van der Waals surface area (Å²) in [4.78, 5) is 0.233. The number of sulfonamides is 1. The SMILES string of the molecule is Cc1cc(CO)cc(S(=O)(=O)NC(C)C2CCCO2)c1C. The summed E-state index contributed by atoms with van der Waals surface area (Å²) in [7, 11) is -3.62. The van der Waals surface area contributed by atoms with Gasteiger partial charge in [-0.3, -0.25) is 0 Å². The number of aryl methyl sites for hydroxylation is 1. The second-order valence-corrected chi connectivity index (χ2v) is 7.34. The Labute approximate surface area is 126 Å². The van der Waals surface area contributed by atoms with Crippen molar-refractivity contribution in [2.75, 3.05) is 6.61 Å². The van der Waals surface area contributed by atoms with Crippen molar-refractivity contribution in [1.29, 1.82) is 0 Å². The van der Waals surface area contributed by atoms with Crippen molar-refractivity contribution in [3.63, 3.8) is 0 Å². The number of ether oxygens (including phenoxy) is 1. The van der Waals surface area contributed by atoms with E-state index in [1.807, 2.05) is 13.8 Å². The van der Waals surface area contributed by atoms with Crippen LogP contribution in [0.15, 0.2) is 17.0 Å². The minimum atomic E-state index is -3.62. The van der Waals surface area contributed by atoms with Crippen LogP contribution in [0.1, 0.15) is 36.5 Å². The molecule has 2 N–H and O–H groups in total. The van der Waals surface area contributed by atoms with Gasteiger partial charge in [-0.25, -0.2) is 13.1 Å². The molecule has 0 bridgehead atoms. The zero-order chi connectivity index (χ0) is 15.6. The van der Waals surface area contributed by atoms with Gasteiger partial charge in [0.05, 0.1) is 17.6 Å². The predicted molar refractivity (Wildman–Crippen MR) is 80.6 cm³/mol. The first kappa shape index (κ1) is 16.4. The van der Waals surface area contributed by atoms with Crippen molar-refractivity contribution in [2.45, 2.75) is 57.3 Å². The average Bonchev–Trinajstić information content (AvgIpc) is 2.95. The molecule has 0 radical (unpaired) electrons. The van der Waals surface area contributed by atoms with Gasteiger partial charge in [0.15, 0.2) is 0 Å². The van der Waals surface area contributed by atoms with E-state index >= 15 is 0 Å². The van der Waals surface area contributed by atoms with Gasteiger partial charge in [0.2, 0.25) is 10.0 Å². The van der Waals surface area contributed by atoms with Crippen molar-refractivity contribution in [2.24, 2.45) is 0 Å². The van der Waals surface area contributed by atoms with Crippen LogP contribution in [-0.4, -0.2) is 32.3 Å². The summed E-state index contributed by atoms with van der Waals surface area (Å²) in [6.45, 7) is 5.96. The summed E-state index contributed by atoms with van der Waals surface area (Å²) in [5.74, 6) is 0. The molecule has 1 heterocycles. The lowest BCUT2D eigenvalue weighted by molar-refractivity contribution is 0.0902. The van der Waals surface area contributed by atoms with Gasteiger partial charge in [0.25, 0.3) is 0 Å². The van der Waals surface area contributed by atoms with Crippen LogP contribution < -0.4 is 4.72 Å². The molecule has 0 amide bonds. The molecule has 6 heteroatoms. The van der Waals surface area contributed by atoms with Gasteiger partial charge < -0.3 is 9.84 Å². The van der Waals surface area contributed by atoms with Crippen LogP contribution >= 0.6 is 0 Å². The van der Waals surface area contributed by atoms with E-state index in [-0.39, 0.29) is 23.6 Å². The second-order valence-electron chi connectivity index (χ2n) is 5.66. The second kappa shape index (κ2) is 6.44. The van der Waals surface area contributed by atoms with E-state index < -0.39 is 10.0 Å². The Hall–Kier alpha value is -0.950. The first-order valence-corrected chi connectivity index (χ1v) is 8.68. The molecular weight excluding hydrogens is 290 g/mol. The molecule has 1 fully saturated rings. The fourth-order valence-electron chi connectivity index (χ4n) is 2.65. The van der Waals surface area contributed by atoms with Crippen LogP contribution in [0.4, 0.5) is 0 Å². The fourth-order valence-corrected chi connectivity index (χ4v) is 4.29. The normalized spacial score (nSPS) is 20.7. The van der Waals surface area contributed by atoms with Crippen LogP contribution in [0.5, 0.6) is 0 Å². The van der Waals surface area contributed by atoms with Gasteiger partial charge in [-0.05, 0) is 56.4 Å². The molecular formula is C15H23NO4S. The summed E-state index contributed by atoms with van der Waals surface area (Å²) >= 11 is 0. The van der Waals surface area contributed by atoms with E-state index in [4.69, 9.17) is 4.74 Å². The Morgan fingerprint density at radius 1 is 1.43 bits per heavy atom. The smallest absolute Gasteiger partial charge is 0.241 e. The average molecular weight is 313 g/mol. The molecule has 2 rings (SSSR count). The highest BCUT2D eigenvalue weighted by Crippen LogP contribution is 2.23. The molecule has 2 unspecified atom stereocenters. The van der Waals surface area contributed by atoms with E-state index in [0.29, 0.717) is 17.7 Å². The standard InChI is InChI=1S/C15H23NO4S/c1-10-7-13(9-17)8-15(11(10)2)21(18,19)16-12(3)14-5-4-6-20-14/h7-8,12,14,16-17H,4-6,9H2,1-3H3. The summed E-state index contributed by atoms with van der Waals surface area (Å²) in [6.07, 6.45) is 1.77. The van der Waals surface area contributed by atoms with Gasteiger partial charge in [-0.15, -0.1) is 0 Å². The summed E-state index contributed by atoms with van der Waals surface area (Å²) < 4.78 is 33.4. The number of hydrogen-bond acceptors (Lipinski definition) is 4. The maximum absolute atomic E-state index is 12.6. The third-order valence-electron chi connectivity index (χ3n) is 4.02. The van der Waals surface area contributed by atoms with E-state index in [9.17, 15) is 13.5 Å². The van der Waals surface area contributed by atoms with E-state index in [0.717, 1.165) is 18.4 Å². The van der Waals surface area contributed by atoms with Crippen molar-refractivity contribution in [3.8, 4) is 0 Å². The lowest BCUT2D eigenvalue weighted by Crippen LogP contribution is -2.41. The van der Waals surface area contributed by atoms with Gasteiger partial charge in [-0.1, -0.05) is 6.07 Å². The van der Waals surface area contributed by atoms with E-state index in [2.05, 4.69) is 4.72 Å². The number of rotatable bonds is 5. The third kappa shape index (κ3) is 3.63. The third-order valence-corrected chi connectivity index (χ3v) is 5.70. The molecule has 0 aromatic heterocycles. The zero-order valence-corrected chi connectivity index (χ0v) is 13.5. The molecule has 1 aliphatic heterocycles. The Kier molecular flexibility index (Phi) is 5.03. The number of aliphatic hydroxyl groups is 1. The molecule has 0 spiro atoms. The lowest BCUT2D eigenvalue weighted by atomic mass is 10.1. The Morgan fingerprint density at radius 3 is 2.71 bits per heavy atom. The minimum absolute atomic E-state index is 0.0674. The maximum atomic E-state index is 12.6. The molecule has 5 nitrogen and oxygen atoms in total. The predicted octanol–water partition coefficient (Wildman–Crippen LogP) is 1.64. The molecule has 0 saturated carbocycles. The highest BCUT2D eigenvalue weighted by Gasteiger charge is 2.28. The van der Waals surface area contributed by atoms with Gasteiger partial charge in [0, 0.05) is 12.6 Å². The quantitative estimate of drug-likeness (QED) is 0.866. The topological polar surface area (TPSA) is 75.6 Å². The van der Waals surface area contributed by atoms with Crippen LogP contribution in [-0.2, 0) is 21.4 Å². The molecule has 1 aromatic rings. The monoisotopic (exact) mass is 313 g/mol. The van der Waals surface area contributed by atoms with Gasteiger partial charge in [-0.2, -0.15) is 0 Å². The number of nitrogens with one attached hydrogen (secondary N) is 1. The molecule has 21 heavy (non-hydrogen) atoms. The van der Waals surface area contributed by atoms with Crippen LogP contribution in [0.25, 0.3) is 0 Å². The van der Waals surface area contributed by atoms with Gasteiger partial charge in [0.1, 0.15) is 0 Å². The van der Waals surface area contributed by atoms with Crippen molar-refractivity contribution in [1.82, 2.24) is 4.72 Å². The molecule has 1 aliphatic rings. The first-order valence-electron chi connectivity index (χ1n) is 7.20. The van der Waals surface area contributed by atoms with E-state index in [1.165, 1.54) is 6.07 Å². The van der Waals surface area contributed by atoms with Crippen molar-refractivity contribution >= 4 is 10.0 Å². The lowest BCUT2D eigenvalue weighted by Gasteiger charge is -2.21.